The molecule has 4 rings (SSSR count). The molecule has 2 saturated heterocycles. The minimum atomic E-state index is -4.89. The Balaban J connectivity index is 1.72. The molecule has 0 bridgehead atoms. The van der Waals surface area contributed by atoms with Crippen LogP contribution >= 0.6 is 0 Å². The van der Waals surface area contributed by atoms with E-state index in [1.165, 1.54) is 25.3 Å². The first-order valence-electron chi connectivity index (χ1n) is 12.0. The molecular formula is C25H28F5N3O5. The number of pyridine rings is 1. The molecule has 38 heavy (non-hydrogen) atoms. The zero-order valence-electron chi connectivity index (χ0n) is 20.6. The first-order valence-corrected chi connectivity index (χ1v) is 12.0. The van der Waals surface area contributed by atoms with E-state index in [0.29, 0.717) is 13.0 Å². The molecule has 0 spiro atoms. The summed E-state index contributed by atoms with van der Waals surface area (Å²) in [4.78, 5) is 17.3. The van der Waals surface area contributed by atoms with Gasteiger partial charge in [0.1, 0.15) is 18.3 Å². The summed E-state index contributed by atoms with van der Waals surface area (Å²) in [6.07, 6.45) is -6.74. The molecule has 0 radical (unpaired) electrons. The Hall–Kier alpha value is -2.87. The van der Waals surface area contributed by atoms with Gasteiger partial charge in [-0.3, -0.25) is 9.78 Å². The lowest BCUT2D eigenvalue weighted by atomic mass is 9.77. The largest absolute Gasteiger partial charge is 0.484 e. The van der Waals surface area contributed by atoms with Crippen LogP contribution in [0.4, 0.5) is 27.6 Å². The van der Waals surface area contributed by atoms with Crippen LogP contribution in [0.3, 0.4) is 0 Å². The van der Waals surface area contributed by atoms with Gasteiger partial charge in [0, 0.05) is 30.4 Å². The van der Waals surface area contributed by atoms with E-state index >= 15 is 0 Å². The Bertz CT molecular complexity index is 1160. The molecule has 208 valence electrons. The van der Waals surface area contributed by atoms with E-state index in [-0.39, 0.29) is 30.1 Å². The van der Waals surface area contributed by atoms with Crippen LogP contribution in [0.25, 0.3) is 0 Å². The number of benzene rings is 1. The summed E-state index contributed by atoms with van der Waals surface area (Å²) in [5, 5.41) is 12.3. The zero-order chi connectivity index (χ0) is 27.8. The van der Waals surface area contributed by atoms with Crippen LogP contribution in [0, 0.1) is 17.6 Å². The summed E-state index contributed by atoms with van der Waals surface area (Å²) in [6, 6.07) is 4.68. The maximum atomic E-state index is 15.0. The number of rotatable bonds is 7. The fourth-order valence-electron chi connectivity index (χ4n) is 4.74. The average Bonchev–Trinajstić information content (AvgIpc) is 3.49. The molecule has 0 aliphatic carbocycles. The summed E-state index contributed by atoms with van der Waals surface area (Å²) < 4.78 is 88.0. The fraction of sp³-hybridized carbons (Fsp3) is 0.520. The number of carbonyl (C=O) groups is 1. The highest BCUT2D eigenvalue weighted by atomic mass is 19.4. The quantitative estimate of drug-likeness (QED) is 0.456. The predicted octanol–water partition coefficient (Wildman–Crippen LogP) is 3.60. The second kappa shape index (κ2) is 10.7. The lowest BCUT2D eigenvalue weighted by Crippen LogP contribution is -2.47. The highest BCUT2D eigenvalue weighted by molar-refractivity contribution is 5.95. The van der Waals surface area contributed by atoms with Crippen LogP contribution in [0.5, 0.6) is 5.75 Å². The summed E-state index contributed by atoms with van der Waals surface area (Å²) in [5.41, 5.74) is 2.83. The number of aromatic nitrogens is 1. The predicted molar refractivity (Wildman–Crippen MR) is 124 cm³/mol. The number of anilines is 1. The highest BCUT2D eigenvalue weighted by Gasteiger charge is 2.66. The van der Waals surface area contributed by atoms with Crippen molar-refractivity contribution in [3.05, 3.63) is 53.4 Å². The molecule has 0 saturated carbocycles. The lowest BCUT2D eigenvalue weighted by Gasteiger charge is -2.32. The molecule has 2 fully saturated rings. The van der Waals surface area contributed by atoms with E-state index in [2.05, 4.69) is 10.3 Å². The van der Waals surface area contributed by atoms with Crippen LogP contribution in [-0.2, 0) is 14.3 Å². The van der Waals surface area contributed by atoms with E-state index < -0.39 is 65.2 Å². The Kier molecular flexibility index (Phi) is 7.94. The van der Waals surface area contributed by atoms with Gasteiger partial charge in [-0.15, -0.1) is 0 Å². The van der Waals surface area contributed by atoms with Crippen molar-refractivity contribution >= 4 is 11.6 Å². The van der Waals surface area contributed by atoms with E-state index in [1.54, 1.807) is 0 Å². The molecule has 13 heteroatoms. The fourth-order valence-corrected chi connectivity index (χ4v) is 4.74. The van der Waals surface area contributed by atoms with Crippen LogP contribution < -0.4 is 15.8 Å². The van der Waals surface area contributed by atoms with Gasteiger partial charge in [-0.1, -0.05) is 13.0 Å². The summed E-state index contributed by atoms with van der Waals surface area (Å²) in [6.45, 7) is 2.38. The molecule has 2 aliphatic rings. The smallest absolute Gasteiger partial charge is 0.417 e. The van der Waals surface area contributed by atoms with Crippen molar-refractivity contribution in [1.29, 1.82) is 0 Å². The molecule has 1 aromatic heterocycles. The lowest BCUT2D eigenvalue weighted by molar-refractivity contribution is -0.272. The number of ether oxygens (including phenoxy) is 3. The number of nitrogens with zero attached hydrogens (tertiary/aromatic N) is 1. The van der Waals surface area contributed by atoms with Gasteiger partial charge in [-0.25, -0.2) is 4.39 Å². The maximum Gasteiger partial charge on any atom is 0.417 e. The molecule has 6 atom stereocenters. The summed E-state index contributed by atoms with van der Waals surface area (Å²) in [7, 11) is 0. The number of amides is 1. The molecule has 3 heterocycles. The normalized spacial score (nSPS) is 28.3. The number of nitrogens with one attached hydrogen (secondary N) is 1. The van der Waals surface area contributed by atoms with Crippen LogP contribution in [0.15, 0.2) is 30.5 Å². The Morgan fingerprint density at radius 3 is 2.63 bits per heavy atom. The van der Waals surface area contributed by atoms with Gasteiger partial charge in [-0.05, 0) is 25.1 Å². The number of alkyl halides is 3. The van der Waals surface area contributed by atoms with Crippen molar-refractivity contribution in [2.75, 3.05) is 25.1 Å². The van der Waals surface area contributed by atoms with Gasteiger partial charge in [0.25, 0.3) is 5.91 Å². The number of aliphatic hydroxyl groups is 1. The maximum absolute atomic E-state index is 15.0. The Morgan fingerprint density at radius 2 is 2.05 bits per heavy atom. The molecule has 4 N–H and O–H groups in total. The number of hydrogen-bond acceptors (Lipinski definition) is 7. The third-order valence-electron chi connectivity index (χ3n) is 7.16. The number of halogens is 5. The van der Waals surface area contributed by atoms with E-state index in [0.717, 1.165) is 19.1 Å². The highest BCUT2D eigenvalue weighted by Crippen LogP contribution is 2.55. The SMILES string of the molecule is C[C@H]1[C@@H](c2ccc(F)c(F)c2O[C@H]2CCOC2)[C@H](C(=O)Nc2ccc([C@@H](O)CN)nc2)O[C@@]1(C)C(F)(F)F. The van der Waals surface area contributed by atoms with Crippen LogP contribution in [0.1, 0.15) is 43.5 Å². The third-order valence-corrected chi connectivity index (χ3v) is 7.16. The van der Waals surface area contributed by atoms with Crippen LogP contribution in [-0.4, -0.2) is 59.7 Å². The minimum Gasteiger partial charge on any atom is -0.484 e. The molecule has 8 nitrogen and oxygen atoms in total. The zero-order valence-corrected chi connectivity index (χ0v) is 20.6. The first-order chi connectivity index (χ1) is 17.9. The second-order valence-electron chi connectivity index (χ2n) is 9.55. The molecule has 0 unspecified atom stereocenters. The van der Waals surface area contributed by atoms with Crippen LogP contribution in [0.2, 0.25) is 0 Å². The van der Waals surface area contributed by atoms with Gasteiger partial charge in [0.15, 0.2) is 17.2 Å². The second-order valence-corrected chi connectivity index (χ2v) is 9.55. The number of aliphatic hydroxyl groups excluding tert-OH is 1. The van der Waals surface area contributed by atoms with E-state index in [4.69, 9.17) is 19.9 Å². The van der Waals surface area contributed by atoms with E-state index in [9.17, 15) is 31.9 Å². The molecule has 1 amide bonds. The molecular weight excluding hydrogens is 517 g/mol. The molecule has 1 aromatic carbocycles. The summed E-state index contributed by atoms with van der Waals surface area (Å²) >= 11 is 0. The van der Waals surface area contributed by atoms with Crippen molar-refractivity contribution in [1.82, 2.24) is 4.98 Å². The van der Waals surface area contributed by atoms with Gasteiger partial charge < -0.3 is 30.4 Å². The Morgan fingerprint density at radius 1 is 1.32 bits per heavy atom. The first kappa shape index (κ1) is 28.1. The molecule has 2 aliphatic heterocycles. The number of carbonyl (C=O) groups excluding carboxylic acids is 1. The van der Waals surface area contributed by atoms with Gasteiger partial charge in [0.05, 0.1) is 30.8 Å². The van der Waals surface area contributed by atoms with Crippen molar-refractivity contribution in [3.8, 4) is 5.75 Å². The van der Waals surface area contributed by atoms with Gasteiger partial charge in [-0.2, -0.15) is 17.6 Å². The Labute approximate surface area is 215 Å². The van der Waals surface area contributed by atoms with Crippen molar-refractivity contribution in [2.24, 2.45) is 11.7 Å². The summed E-state index contributed by atoms with van der Waals surface area (Å²) in [5.74, 6) is -6.92. The standard InChI is InChI=1S/C25H28F5N3O5/c1-12-19(15-4-5-16(26)20(27)21(15)37-14-7-8-36-11-14)22(38-24(12,2)25(28,29)30)23(35)33-13-3-6-17(32-10-13)18(34)9-31/h3-6,10,12,14,18-19,22,34H,7-9,11,31H2,1-2H3,(H,33,35)/t12-,14-,18-,19-,22+,24+/m0/s1. The molecule has 2 aromatic rings. The monoisotopic (exact) mass is 545 g/mol. The number of hydrogen-bond donors (Lipinski definition) is 3. The van der Waals surface area contributed by atoms with Gasteiger partial charge >= 0.3 is 6.18 Å². The number of nitrogens with two attached hydrogens (primary N) is 1. The van der Waals surface area contributed by atoms with Gasteiger partial charge in [0.2, 0.25) is 5.82 Å². The minimum absolute atomic E-state index is 0.0875. The van der Waals surface area contributed by atoms with Crippen molar-refractivity contribution in [3.63, 3.8) is 0 Å². The van der Waals surface area contributed by atoms with Crippen molar-refractivity contribution in [2.45, 2.75) is 56.3 Å². The third kappa shape index (κ3) is 5.20. The van der Waals surface area contributed by atoms with Crippen molar-refractivity contribution < 1.29 is 46.1 Å². The average molecular weight is 546 g/mol. The topological polar surface area (TPSA) is 116 Å². The van der Waals surface area contributed by atoms with E-state index in [1.807, 2.05) is 0 Å².